The number of hydrogen-bond donors (Lipinski definition) is 0. The summed E-state index contributed by atoms with van der Waals surface area (Å²) in [5.41, 5.74) is 0. The summed E-state index contributed by atoms with van der Waals surface area (Å²) >= 11 is 0. The highest BCUT2D eigenvalue weighted by Gasteiger charge is 2.42. The Bertz CT molecular complexity index is 339. The maximum Gasteiger partial charge on any atom is 0.500 e. The van der Waals surface area contributed by atoms with Gasteiger partial charge in [0.05, 0.1) is 0 Å². The van der Waals surface area contributed by atoms with E-state index in [4.69, 9.17) is 13.3 Å². The third-order valence-corrected chi connectivity index (χ3v) is 14.4. The zero-order valence-electron chi connectivity index (χ0n) is 16.6. The van der Waals surface area contributed by atoms with E-state index in [1.165, 1.54) is 26.2 Å². The van der Waals surface area contributed by atoms with E-state index in [0.717, 1.165) is 19.0 Å². The third kappa shape index (κ3) is 5.35. The van der Waals surface area contributed by atoms with Gasteiger partial charge >= 0.3 is 8.80 Å². The second-order valence-corrected chi connectivity index (χ2v) is 16.4. The molecule has 1 rings (SSSR count). The molecule has 0 bridgehead atoms. The molecule has 0 aromatic carbocycles. The molecule has 0 spiro atoms. The molecule has 0 atom stereocenters. The number of nitrogens with zero attached hydrogens (tertiary/aromatic N) is 2. The van der Waals surface area contributed by atoms with Crippen molar-refractivity contribution in [1.29, 1.82) is 0 Å². The van der Waals surface area contributed by atoms with Gasteiger partial charge in [-0.1, -0.05) is 33.9 Å². The van der Waals surface area contributed by atoms with E-state index < -0.39 is 17.0 Å². The van der Waals surface area contributed by atoms with Crippen LogP contribution in [-0.4, -0.2) is 80.6 Å². The quantitative estimate of drug-likeness (QED) is 0.620. The van der Waals surface area contributed by atoms with Gasteiger partial charge in [-0.2, -0.15) is 0 Å². The molecule has 1 saturated heterocycles. The number of hydrogen-bond acceptors (Lipinski definition) is 5. The zero-order valence-corrected chi connectivity index (χ0v) is 18.6. The van der Waals surface area contributed by atoms with E-state index in [9.17, 15) is 0 Å². The van der Waals surface area contributed by atoms with Crippen LogP contribution in [-0.2, 0) is 13.3 Å². The fraction of sp³-hybridized carbons (Fsp3) is 1.00. The molecule has 1 aliphatic rings. The molecule has 0 aromatic heterocycles. The largest absolute Gasteiger partial charge is 0.500 e. The van der Waals surface area contributed by atoms with Crippen molar-refractivity contribution in [3.05, 3.63) is 0 Å². The number of piperazine rings is 1. The lowest BCUT2D eigenvalue weighted by atomic mass is 10.2. The van der Waals surface area contributed by atoms with Crippen LogP contribution in [0.4, 0.5) is 0 Å². The Hall–Kier alpha value is 0.234. The van der Waals surface area contributed by atoms with Crippen LogP contribution in [0, 0.1) is 0 Å². The Morgan fingerprint density at radius 1 is 0.870 bits per heavy atom. The average Bonchev–Trinajstić information content (AvgIpc) is 2.51. The molecule has 0 aliphatic carbocycles. The second kappa shape index (κ2) is 8.55. The van der Waals surface area contributed by atoms with Crippen LogP contribution in [0.15, 0.2) is 0 Å². The molecule has 5 nitrogen and oxygen atoms in total. The summed E-state index contributed by atoms with van der Waals surface area (Å²) in [5.74, 6) is 0. The molecule has 0 N–H and O–H groups in total. The standard InChI is InChI=1S/C16H38N2O3Si2/c1-16(2,3)22(7,8)18-13-11-17(12-14-18)10-9-15-23(19-4,20-5)21-6/h9-15H2,1-8H3. The van der Waals surface area contributed by atoms with E-state index in [1.54, 1.807) is 21.3 Å². The summed E-state index contributed by atoms with van der Waals surface area (Å²) in [6.45, 7) is 18.1. The molecular formula is C16H38N2O3Si2. The molecule has 1 heterocycles. The van der Waals surface area contributed by atoms with Gasteiger partial charge in [-0.05, 0) is 18.0 Å². The first kappa shape index (κ1) is 21.3. The third-order valence-electron chi connectivity index (χ3n) is 5.89. The van der Waals surface area contributed by atoms with E-state index in [0.29, 0.717) is 5.04 Å². The molecule has 0 unspecified atom stereocenters. The summed E-state index contributed by atoms with van der Waals surface area (Å²) < 4.78 is 19.3. The maximum atomic E-state index is 5.50. The molecular weight excluding hydrogens is 324 g/mol. The Morgan fingerprint density at radius 2 is 1.35 bits per heavy atom. The van der Waals surface area contributed by atoms with Crippen LogP contribution in [0.5, 0.6) is 0 Å². The van der Waals surface area contributed by atoms with Crippen LogP contribution in [0.3, 0.4) is 0 Å². The smallest absolute Gasteiger partial charge is 0.377 e. The molecule has 1 aliphatic heterocycles. The van der Waals surface area contributed by atoms with Crippen molar-refractivity contribution in [2.24, 2.45) is 0 Å². The minimum absolute atomic E-state index is 0.426. The van der Waals surface area contributed by atoms with Gasteiger partial charge in [0.15, 0.2) is 0 Å². The second-order valence-electron chi connectivity index (χ2n) is 8.04. The van der Waals surface area contributed by atoms with Gasteiger partial charge in [-0.25, -0.2) is 0 Å². The van der Waals surface area contributed by atoms with Crippen LogP contribution in [0.25, 0.3) is 0 Å². The first-order valence-electron chi connectivity index (χ1n) is 8.75. The van der Waals surface area contributed by atoms with E-state index in [-0.39, 0.29) is 0 Å². The lowest BCUT2D eigenvalue weighted by Gasteiger charge is -2.49. The van der Waals surface area contributed by atoms with E-state index >= 15 is 0 Å². The summed E-state index contributed by atoms with van der Waals surface area (Å²) in [5, 5.41) is 0.426. The maximum absolute atomic E-state index is 5.50. The van der Waals surface area contributed by atoms with Crippen molar-refractivity contribution in [3.8, 4) is 0 Å². The SMILES string of the molecule is CO[Si](CCCN1CCN([Si](C)(C)C(C)(C)C)CC1)(OC)OC. The Balaban J connectivity index is 2.40. The van der Waals surface area contributed by atoms with Crippen LogP contribution in [0.2, 0.25) is 24.2 Å². The van der Waals surface area contributed by atoms with Gasteiger partial charge in [0, 0.05) is 53.6 Å². The first-order chi connectivity index (χ1) is 10.6. The summed E-state index contributed by atoms with van der Waals surface area (Å²) in [6, 6.07) is 0.888. The summed E-state index contributed by atoms with van der Waals surface area (Å²) in [6.07, 6.45) is 1.07. The Kier molecular flexibility index (Phi) is 7.91. The Morgan fingerprint density at radius 3 is 1.74 bits per heavy atom. The van der Waals surface area contributed by atoms with Crippen LogP contribution in [0.1, 0.15) is 27.2 Å². The van der Waals surface area contributed by atoms with Gasteiger partial charge in [-0.15, -0.1) is 0 Å². The van der Waals surface area contributed by atoms with Gasteiger partial charge in [0.25, 0.3) is 0 Å². The first-order valence-corrected chi connectivity index (χ1v) is 13.6. The van der Waals surface area contributed by atoms with Crippen molar-refractivity contribution in [1.82, 2.24) is 9.47 Å². The van der Waals surface area contributed by atoms with Crippen molar-refractivity contribution in [2.45, 2.75) is 51.4 Å². The predicted octanol–water partition coefficient (Wildman–Crippen LogP) is 2.88. The topological polar surface area (TPSA) is 34.2 Å². The molecule has 0 aromatic rings. The Labute approximate surface area is 145 Å². The van der Waals surface area contributed by atoms with Gasteiger partial charge in [-0.3, -0.25) is 0 Å². The summed E-state index contributed by atoms with van der Waals surface area (Å²) in [7, 11) is 1.32. The predicted molar refractivity (Wildman–Crippen MR) is 101 cm³/mol. The molecule has 0 radical (unpaired) electrons. The van der Waals surface area contributed by atoms with Gasteiger partial charge in [0.1, 0.15) is 8.24 Å². The highest BCUT2D eigenvalue weighted by atomic mass is 28.4. The molecule has 23 heavy (non-hydrogen) atoms. The van der Waals surface area contributed by atoms with Gasteiger partial charge in [0.2, 0.25) is 0 Å². The van der Waals surface area contributed by atoms with Crippen molar-refractivity contribution in [2.75, 3.05) is 54.1 Å². The van der Waals surface area contributed by atoms with E-state index in [2.05, 4.69) is 43.3 Å². The highest BCUT2D eigenvalue weighted by Crippen LogP contribution is 2.38. The van der Waals surface area contributed by atoms with Crippen molar-refractivity contribution >= 4 is 17.0 Å². The molecule has 1 fully saturated rings. The fourth-order valence-corrected chi connectivity index (χ4v) is 7.05. The molecule has 0 amide bonds. The van der Waals surface area contributed by atoms with E-state index in [1.807, 2.05) is 0 Å². The summed E-state index contributed by atoms with van der Waals surface area (Å²) in [4.78, 5) is 2.57. The van der Waals surface area contributed by atoms with Crippen LogP contribution >= 0.6 is 0 Å². The highest BCUT2D eigenvalue weighted by molar-refractivity contribution is 6.77. The minimum atomic E-state index is -2.40. The molecule has 0 saturated carbocycles. The fourth-order valence-electron chi connectivity index (χ4n) is 3.08. The van der Waals surface area contributed by atoms with Crippen molar-refractivity contribution in [3.63, 3.8) is 0 Å². The normalized spacial score (nSPS) is 19.3. The van der Waals surface area contributed by atoms with Crippen molar-refractivity contribution < 1.29 is 13.3 Å². The number of rotatable bonds is 8. The lowest BCUT2D eigenvalue weighted by molar-refractivity contribution is 0.119. The average molecular weight is 363 g/mol. The lowest BCUT2D eigenvalue weighted by Crippen LogP contribution is -2.61. The zero-order chi connectivity index (χ0) is 17.7. The van der Waals surface area contributed by atoms with Gasteiger partial charge < -0.3 is 22.7 Å². The molecule has 7 heteroatoms. The monoisotopic (exact) mass is 362 g/mol. The minimum Gasteiger partial charge on any atom is -0.377 e. The molecule has 138 valence electrons. The van der Waals surface area contributed by atoms with Crippen LogP contribution < -0.4 is 0 Å².